The molecule has 0 radical (unpaired) electrons. The second-order valence-corrected chi connectivity index (χ2v) is 1.85. The third-order valence-electron chi connectivity index (χ3n) is 1.03. The van der Waals surface area contributed by atoms with Crippen molar-refractivity contribution in [3.05, 3.63) is 12.2 Å². The van der Waals surface area contributed by atoms with Crippen molar-refractivity contribution >= 4 is 11.8 Å². The number of aliphatic hydroxyl groups is 2. The number of carboxylic acids is 1. The number of ketones is 1. The van der Waals surface area contributed by atoms with Crippen molar-refractivity contribution in [1.82, 2.24) is 0 Å². The number of Topliss-reactive ketones (excluding diaryl/α,β-unsaturated/α-hetero) is 1. The van der Waals surface area contributed by atoms with E-state index in [0.717, 1.165) is 0 Å². The minimum absolute atomic E-state index is 0.730. The van der Waals surface area contributed by atoms with E-state index in [1.807, 2.05) is 0 Å². The van der Waals surface area contributed by atoms with Crippen LogP contribution in [0.5, 0.6) is 0 Å². The van der Waals surface area contributed by atoms with Crippen LogP contribution in [0.2, 0.25) is 0 Å². The van der Waals surface area contributed by atoms with Gasteiger partial charge in [0.15, 0.2) is 5.78 Å². The first kappa shape index (κ1) is 9.80. The molecule has 0 aromatic rings. The molecule has 3 N–H and O–H groups in total. The van der Waals surface area contributed by atoms with Crippen molar-refractivity contribution in [3.63, 3.8) is 0 Å². The average Bonchev–Trinajstić information content (AvgIpc) is 2.00. The Balaban J connectivity index is 4.26. The number of carboxylic acid groups (broad SMARTS) is 1. The Morgan fingerprint density at radius 3 is 2.18 bits per heavy atom. The molecule has 0 rings (SSSR count). The van der Waals surface area contributed by atoms with Gasteiger partial charge in [-0.05, 0) is 0 Å². The highest BCUT2D eigenvalue weighted by Crippen LogP contribution is 1.97. The molecule has 1 atom stereocenters. The molecule has 0 bridgehead atoms. The standard InChI is InChI=1S/C6H8O5/c1-3(6(10)11)5(9)4(8)2-7/h4,7-8H,1-2H2,(H,10,11). The lowest BCUT2D eigenvalue weighted by molar-refractivity contribution is -0.136. The van der Waals surface area contributed by atoms with Gasteiger partial charge >= 0.3 is 5.97 Å². The van der Waals surface area contributed by atoms with Crippen LogP contribution in [-0.2, 0) is 9.59 Å². The zero-order valence-electron chi connectivity index (χ0n) is 5.65. The Hall–Kier alpha value is -1.20. The number of rotatable bonds is 4. The molecule has 0 aliphatic heterocycles. The molecule has 0 aromatic heterocycles. The van der Waals surface area contributed by atoms with Crippen LogP contribution in [0.4, 0.5) is 0 Å². The predicted molar refractivity (Wildman–Crippen MR) is 34.9 cm³/mol. The second kappa shape index (κ2) is 3.85. The van der Waals surface area contributed by atoms with Gasteiger partial charge in [-0.3, -0.25) is 4.79 Å². The molecule has 0 saturated heterocycles. The largest absolute Gasteiger partial charge is 0.478 e. The molecule has 0 spiro atoms. The Morgan fingerprint density at radius 2 is 1.91 bits per heavy atom. The van der Waals surface area contributed by atoms with E-state index in [4.69, 9.17) is 15.3 Å². The van der Waals surface area contributed by atoms with E-state index in [9.17, 15) is 9.59 Å². The van der Waals surface area contributed by atoms with Gasteiger partial charge in [-0.2, -0.15) is 0 Å². The summed E-state index contributed by atoms with van der Waals surface area (Å²) in [4.78, 5) is 20.7. The Kier molecular flexibility index (Phi) is 3.43. The molecule has 0 heterocycles. The molecule has 0 amide bonds. The maximum absolute atomic E-state index is 10.6. The molecule has 62 valence electrons. The third-order valence-corrected chi connectivity index (χ3v) is 1.03. The minimum Gasteiger partial charge on any atom is -0.478 e. The van der Waals surface area contributed by atoms with Crippen molar-refractivity contribution in [1.29, 1.82) is 0 Å². The lowest BCUT2D eigenvalue weighted by atomic mass is 10.1. The summed E-state index contributed by atoms with van der Waals surface area (Å²) in [6.07, 6.45) is -1.68. The normalized spacial score (nSPS) is 12.2. The molecule has 5 heteroatoms. The molecule has 0 aliphatic rings. The van der Waals surface area contributed by atoms with Crippen molar-refractivity contribution in [2.24, 2.45) is 0 Å². The zero-order chi connectivity index (χ0) is 9.02. The fourth-order valence-corrected chi connectivity index (χ4v) is 0.389. The van der Waals surface area contributed by atoms with Crippen LogP contribution in [0.25, 0.3) is 0 Å². The van der Waals surface area contributed by atoms with Crippen LogP contribution < -0.4 is 0 Å². The minimum atomic E-state index is -1.68. The SMILES string of the molecule is C=C(C(=O)O)C(=O)C(O)CO. The quantitative estimate of drug-likeness (QED) is 0.265. The van der Waals surface area contributed by atoms with E-state index in [0.29, 0.717) is 0 Å². The fraction of sp³-hybridized carbons (Fsp3) is 0.333. The maximum atomic E-state index is 10.6. The van der Waals surface area contributed by atoms with Crippen molar-refractivity contribution in [2.75, 3.05) is 6.61 Å². The first-order valence-electron chi connectivity index (χ1n) is 2.76. The Labute approximate surface area is 62.6 Å². The number of hydrogen-bond donors (Lipinski definition) is 3. The van der Waals surface area contributed by atoms with Crippen molar-refractivity contribution < 1.29 is 24.9 Å². The van der Waals surface area contributed by atoms with E-state index < -0.39 is 30.0 Å². The summed E-state index contributed by atoms with van der Waals surface area (Å²) in [6, 6.07) is 0. The van der Waals surface area contributed by atoms with Gasteiger partial charge in [0.1, 0.15) is 6.10 Å². The summed E-state index contributed by atoms with van der Waals surface area (Å²) in [6.45, 7) is 2.10. The first-order valence-corrected chi connectivity index (χ1v) is 2.76. The molecule has 11 heavy (non-hydrogen) atoms. The summed E-state index contributed by atoms with van der Waals surface area (Å²) in [5.74, 6) is -2.57. The number of aliphatic hydroxyl groups excluding tert-OH is 2. The number of hydrogen-bond acceptors (Lipinski definition) is 4. The van der Waals surface area contributed by atoms with Crippen LogP contribution in [0, 0.1) is 0 Å². The monoisotopic (exact) mass is 160 g/mol. The molecule has 0 fully saturated rings. The molecular formula is C6H8O5. The summed E-state index contributed by atoms with van der Waals surface area (Å²) in [5.41, 5.74) is -0.730. The van der Waals surface area contributed by atoms with Gasteiger partial charge in [-0.1, -0.05) is 6.58 Å². The van der Waals surface area contributed by atoms with Gasteiger partial charge in [0.25, 0.3) is 0 Å². The molecule has 5 nitrogen and oxygen atoms in total. The van der Waals surface area contributed by atoms with Gasteiger partial charge < -0.3 is 15.3 Å². The van der Waals surface area contributed by atoms with Crippen molar-refractivity contribution in [3.8, 4) is 0 Å². The van der Waals surface area contributed by atoms with E-state index >= 15 is 0 Å². The highest BCUT2D eigenvalue weighted by atomic mass is 16.4. The predicted octanol–water partition coefficient (Wildman–Crippen LogP) is -1.45. The van der Waals surface area contributed by atoms with Gasteiger partial charge in [0.2, 0.25) is 0 Å². The topological polar surface area (TPSA) is 94.8 Å². The average molecular weight is 160 g/mol. The van der Waals surface area contributed by atoms with Crippen LogP contribution in [-0.4, -0.2) is 39.8 Å². The summed E-state index contributed by atoms with van der Waals surface area (Å²) in [5, 5.41) is 25.0. The number of carbonyl (C=O) groups is 2. The zero-order valence-corrected chi connectivity index (χ0v) is 5.65. The van der Waals surface area contributed by atoms with Gasteiger partial charge in [0, 0.05) is 0 Å². The molecule has 0 saturated carbocycles. The van der Waals surface area contributed by atoms with Crippen LogP contribution in [0.15, 0.2) is 12.2 Å². The number of aliphatic carboxylic acids is 1. The highest BCUT2D eigenvalue weighted by Gasteiger charge is 2.21. The third kappa shape index (κ3) is 2.48. The van der Waals surface area contributed by atoms with Gasteiger partial charge in [-0.25, -0.2) is 4.79 Å². The number of carbonyl (C=O) groups excluding carboxylic acids is 1. The first-order chi connectivity index (χ1) is 5.00. The van der Waals surface area contributed by atoms with Crippen molar-refractivity contribution in [2.45, 2.75) is 6.10 Å². The summed E-state index contributed by atoms with van der Waals surface area (Å²) >= 11 is 0. The van der Waals surface area contributed by atoms with E-state index in [1.54, 1.807) is 0 Å². The summed E-state index contributed by atoms with van der Waals surface area (Å²) < 4.78 is 0. The highest BCUT2D eigenvalue weighted by molar-refractivity contribution is 6.17. The Bertz CT molecular complexity index is 195. The smallest absolute Gasteiger partial charge is 0.338 e. The fourth-order valence-electron chi connectivity index (χ4n) is 0.389. The van der Waals surface area contributed by atoms with E-state index in [-0.39, 0.29) is 0 Å². The maximum Gasteiger partial charge on any atom is 0.338 e. The van der Waals surface area contributed by atoms with Gasteiger partial charge in [0.05, 0.1) is 12.2 Å². The van der Waals surface area contributed by atoms with E-state index in [2.05, 4.69) is 6.58 Å². The van der Waals surface area contributed by atoms with Crippen LogP contribution in [0.1, 0.15) is 0 Å². The van der Waals surface area contributed by atoms with Gasteiger partial charge in [-0.15, -0.1) is 0 Å². The lowest BCUT2D eigenvalue weighted by Crippen LogP contribution is -2.28. The lowest BCUT2D eigenvalue weighted by Gasteiger charge is -2.03. The molecular weight excluding hydrogens is 152 g/mol. The van der Waals surface area contributed by atoms with E-state index in [1.165, 1.54) is 0 Å². The molecule has 1 unspecified atom stereocenters. The Morgan fingerprint density at radius 1 is 1.45 bits per heavy atom. The molecule has 0 aliphatic carbocycles. The van der Waals surface area contributed by atoms with Crippen LogP contribution >= 0.6 is 0 Å². The van der Waals surface area contributed by atoms with Crippen LogP contribution in [0.3, 0.4) is 0 Å². The molecule has 0 aromatic carbocycles. The summed E-state index contributed by atoms with van der Waals surface area (Å²) in [7, 11) is 0. The second-order valence-electron chi connectivity index (χ2n) is 1.85.